The molecule has 4 rings (SSSR count). The summed E-state index contributed by atoms with van der Waals surface area (Å²) >= 11 is 5.98. The Hall–Kier alpha value is -2.64. The van der Waals surface area contributed by atoms with Gasteiger partial charge in [0.25, 0.3) is 0 Å². The van der Waals surface area contributed by atoms with Gasteiger partial charge >= 0.3 is 5.97 Å². The predicted octanol–water partition coefficient (Wildman–Crippen LogP) is 5.06. The number of pyridine rings is 1. The quantitative estimate of drug-likeness (QED) is 0.453. The number of esters is 1. The van der Waals surface area contributed by atoms with Crippen LogP contribution < -0.4 is 4.90 Å². The summed E-state index contributed by atoms with van der Waals surface area (Å²) in [5.41, 5.74) is 2.40. The van der Waals surface area contributed by atoms with Gasteiger partial charge < -0.3 is 9.64 Å². The molecule has 1 fully saturated rings. The van der Waals surface area contributed by atoms with Crippen molar-refractivity contribution in [3.05, 3.63) is 59.2 Å². The van der Waals surface area contributed by atoms with Crippen molar-refractivity contribution < 1.29 is 17.9 Å². The Bertz CT molecular complexity index is 1280. The summed E-state index contributed by atoms with van der Waals surface area (Å²) in [6, 6.07) is 12.1. The fourth-order valence-corrected chi connectivity index (χ4v) is 5.88. The van der Waals surface area contributed by atoms with E-state index in [0.29, 0.717) is 30.4 Å². The lowest BCUT2D eigenvalue weighted by Crippen LogP contribution is -2.40. The van der Waals surface area contributed by atoms with Gasteiger partial charge in [0.2, 0.25) is 9.84 Å². The first-order valence-electron chi connectivity index (χ1n) is 11.2. The number of piperidine rings is 1. The van der Waals surface area contributed by atoms with Crippen LogP contribution in [0.1, 0.15) is 32.3 Å². The third-order valence-corrected chi connectivity index (χ3v) is 8.07. The van der Waals surface area contributed by atoms with Crippen LogP contribution in [0.3, 0.4) is 0 Å². The monoisotopic (exact) mass is 486 g/mol. The van der Waals surface area contributed by atoms with E-state index in [-0.39, 0.29) is 21.7 Å². The number of aromatic nitrogens is 1. The molecular weight excluding hydrogens is 460 g/mol. The number of fused-ring (bicyclic) bond motifs is 1. The molecule has 0 saturated carbocycles. The molecule has 174 valence electrons. The molecule has 0 spiro atoms. The van der Waals surface area contributed by atoms with Gasteiger partial charge in [0.1, 0.15) is 4.90 Å². The average Bonchev–Trinajstić information content (AvgIpc) is 2.83. The maximum atomic E-state index is 13.7. The molecule has 1 aliphatic rings. The summed E-state index contributed by atoms with van der Waals surface area (Å²) in [5.74, 6) is -0.542. The van der Waals surface area contributed by atoms with Crippen molar-refractivity contribution in [2.24, 2.45) is 5.92 Å². The van der Waals surface area contributed by atoms with E-state index < -0.39 is 9.84 Å². The normalized spacial score (nSPS) is 16.7. The summed E-state index contributed by atoms with van der Waals surface area (Å²) < 4.78 is 32.7. The molecule has 0 bridgehead atoms. The highest BCUT2D eigenvalue weighted by Gasteiger charge is 2.32. The van der Waals surface area contributed by atoms with Gasteiger partial charge in [-0.1, -0.05) is 24.6 Å². The second kappa shape index (κ2) is 9.69. The fourth-order valence-electron chi connectivity index (χ4n) is 4.32. The van der Waals surface area contributed by atoms with Gasteiger partial charge in [-0.3, -0.25) is 9.78 Å². The van der Waals surface area contributed by atoms with E-state index in [1.807, 2.05) is 23.1 Å². The number of benzene rings is 2. The number of sulfone groups is 1. The van der Waals surface area contributed by atoms with Crippen LogP contribution in [0.5, 0.6) is 0 Å². The minimum absolute atomic E-state index is 0.134. The van der Waals surface area contributed by atoms with Gasteiger partial charge in [-0.05, 0) is 68.1 Å². The number of aryl methyl sites for hydroxylation is 1. The number of anilines is 1. The number of hydrogen-bond donors (Lipinski definition) is 0. The van der Waals surface area contributed by atoms with E-state index in [1.165, 1.54) is 18.3 Å². The topological polar surface area (TPSA) is 76.6 Å². The Kier molecular flexibility index (Phi) is 6.91. The molecule has 2 aromatic carbocycles. The Morgan fingerprint density at radius 2 is 1.94 bits per heavy atom. The number of halogens is 1. The van der Waals surface area contributed by atoms with Crippen LogP contribution in [-0.4, -0.2) is 39.1 Å². The molecule has 1 atom stereocenters. The first-order valence-corrected chi connectivity index (χ1v) is 13.0. The largest absolute Gasteiger partial charge is 0.466 e. The minimum Gasteiger partial charge on any atom is -0.466 e. The second-order valence-corrected chi connectivity index (χ2v) is 10.5. The van der Waals surface area contributed by atoms with Crippen molar-refractivity contribution >= 4 is 44.0 Å². The average molecular weight is 487 g/mol. The molecule has 0 aliphatic carbocycles. The zero-order chi connectivity index (χ0) is 23.6. The van der Waals surface area contributed by atoms with Crippen LogP contribution in [-0.2, 0) is 25.8 Å². The van der Waals surface area contributed by atoms with Crippen molar-refractivity contribution in [3.8, 4) is 0 Å². The van der Waals surface area contributed by atoms with Gasteiger partial charge in [0.05, 0.1) is 28.6 Å². The molecule has 2 heterocycles. The Morgan fingerprint density at radius 3 is 2.64 bits per heavy atom. The van der Waals surface area contributed by atoms with E-state index in [1.54, 1.807) is 19.1 Å². The SMILES string of the molecule is CCOC(=O)[C@H]1CCCN(c2c(S(=O)(=O)c3ccc(Cl)cc3)cnc3ccc(CC)cc23)C1. The zero-order valence-electron chi connectivity index (χ0n) is 18.8. The zero-order valence-corrected chi connectivity index (χ0v) is 20.3. The molecule has 8 heteroatoms. The van der Waals surface area contributed by atoms with Crippen molar-refractivity contribution in [1.82, 2.24) is 4.98 Å². The van der Waals surface area contributed by atoms with Crippen LogP contribution in [0.2, 0.25) is 5.02 Å². The standard InChI is InChI=1S/C25H27ClN2O4S/c1-3-17-7-12-22-21(14-17)24(28-13-5-6-18(16-28)25(29)32-4-2)23(15-27-22)33(30,31)20-10-8-19(26)9-11-20/h7-12,14-15,18H,3-6,13,16H2,1-2H3/t18-/m0/s1. The molecule has 33 heavy (non-hydrogen) atoms. The molecule has 3 aromatic rings. The molecular formula is C25H27ClN2O4S. The minimum atomic E-state index is -3.87. The summed E-state index contributed by atoms with van der Waals surface area (Å²) in [6.45, 7) is 5.22. The maximum absolute atomic E-state index is 13.7. The highest BCUT2D eigenvalue weighted by molar-refractivity contribution is 7.91. The number of carbonyl (C=O) groups excluding carboxylic acids is 1. The summed E-state index contributed by atoms with van der Waals surface area (Å²) in [4.78, 5) is 19.3. The van der Waals surface area contributed by atoms with E-state index in [4.69, 9.17) is 16.3 Å². The van der Waals surface area contributed by atoms with Gasteiger partial charge in [0.15, 0.2) is 0 Å². The van der Waals surface area contributed by atoms with E-state index in [2.05, 4.69) is 11.9 Å². The molecule has 1 aliphatic heterocycles. The molecule has 6 nitrogen and oxygen atoms in total. The Balaban J connectivity index is 1.90. The smallest absolute Gasteiger partial charge is 0.310 e. The van der Waals surface area contributed by atoms with Crippen molar-refractivity contribution in [2.45, 2.75) is 42.9 Å². The highest BCUT2D eigenvalue weighted by Crippen LogP contribution is 2.38. The third kappa shape index (κ3) is 4.70. The van der Waals surface area contributed by atoms with Gasteiger partial charge in [-0.2, -0.15) is 0 Å². The number of nitrogens with zero attached hydrogens (tertiary/aromatic N) is 2. The van der Waals surface area contributed by atoms with Crippen LogP contribution in [0.25, 0.3) is 10.9 Å². The molecule has 1 saturated heterocycles. The van der Waals surface area contributed by atoms with Crippen molar-refractivity contribution in [1.29, 1.82) is 0 Å². The number of carbonyl (C=O) groups is 1. The summed E-state index contributed by atoms with van der Waals surface area (Å²) in [5, 5.41) is 1.24. The van der Waals surface area contributed by atoms with Crippen LogP contribution >= 0.6 is 11.6 Å². The van der Waals surface area contributed by atoms with Crippen molar-refractivity contribution in [3.63, 3.8) is 0 Å². The van der Waals surface area contributed by atoms with E-state index in [0.717, 1.165) is 35.7 Å². The Morgan fingerprint density at radius 1 is 1.18 bits per heavy atom. The first-order chi connectivity index (χ1) is 15.8. The van der Waals surface area contributed by atoms with Crippen LogP contribution in [0.4, 0.5) is 5.69 Å². The summed E-state index contributed by atoms with van der Waals surface area (Å²) in [6.07, 6.45) is 3.73. The fraction of sp³-hybridized carbons (Fsp3) is 0.360. The molecule has 1 aromatic heterocycles. The number of ether oxygens (including phenoxy) is 1. The lowest BCUT2D eigenvalue weighted by atomic mass is 9.97. The van der Waals surface area contributed by atoms with Gasteiger partial charge in [0, 0.05) is 29.7 Å². The van der Waals surface area contributed by atoms with E-state index in [9.17, 15) is 13.2 Å². The van der Waals surface area contributed by atoms with Gasteiger partial charge in [-0.25, -0.2) is 8.42 Å². The molecule has 0 amide bonds. The van der Waals surface area contributed by atoms with Crippen LogP contribution in [0.15, 0.2) is 58.5 Å². The molecule has 0 N–H and O–H groups in total. The third-order valence-electron chi connectivity index (χ3n) is 6.05. The van der Waals surface area contributed by atoms with Crippen LogP contribution in [0, 0.1) is 5.92 Å². The maximum Gasteiger partial charge on any atom is 0.310 e. The Labute approximate surface area is 199 Å². The highest BCUT2D eigenvalue weighted by atomic mass is 35.5. The van der Waals surface area contributed by atoms with Gasteiger partial charge in [-0.15, -0.1) is 0 Å². The number of rotatable bonds is 6. The van der Waals surface area contributed by atoms with Crippen molar-refractivity contribution in [2.75, 3.05) is 24.6 Å². The summed E-state index contributed by atoms with van der Waals surface area (Å²) in [7, 11) is -3.87. The molecule has 0 unspecified atom stereocenters. The molecule has 0 radical (unpaired) electrons. The second-order valence-electron chi connectivity index (χ2n) is 8.17. The number of hydrogen-bond acceptors (Lipinski definition) is 6. The first kappa shape index (κ1) is 23.5. The predicted molar refractivity (Wildman–Crippen MR) is 130 cm³/mol. The lowest BCUT2D eigenvalue weighted by Gasteiger charge is -2.35. The lowest BCUT2D eigenvalue weighted by molar-refractivity contribution is -0.148. The van der Waals surface area contributed by atoms with E-state index >= 15 is 0 Å².